The van der Waals surface area contributed by atoms with Crippen LogP contribution in [0.3, 0.4) is 0 Å². The molecule has 4 heteroatoms. The van der Waals surface area contributed by atoms with Gasteiger partial charge in [-0.15, -0.1) is 0 Å². The number of rotatable bonds is 0. The summed E-state index contributed by atoms with van der Waals surface area (Å²) >= 11 is 0. The number of nitrogens with two attached hydrogens (primary N) is 1. The average molecular weight is 206 g/mol. The van der Waals surface area contributed by atoms with Crippen molar-refractivity contribution >= 4 is 0 Å². The summed E-state index contributed by atoms with van der Waals surface area (Å²) in [7, 11) is 0. The first-order valence-electron chi connectivity index (χ1n) is 3.63. The van der Waals surface area contributed by atoms with Crippen LogP contribution in [-0.4, -0.2) is 4.92 Å². The molecule has 0 saturated carbocycles. The Hall–Kier alpha value is -3.44. The molecule has 0 aliphatic rings. The Bertz CT molecular complexity index is 636. The van der Waals surface area contributed by atoms with Gasteiger partial charge >= 0.3 is 6.04 Å². The van der Waals surface area contributed by atoms with E-state index < -0.39 is 4.92 Å². The summed E-state index contributed by atoms with van der Waals surface area (Å²) in [5.41, 5.74) is 4.84. The van der Waals surface area contributed by atoms with Crippen molar-refractivity contribution in [3.63, 3.8) is 0 Å². The van der Waals surface area contributed by atoms with Crippen LogP contribution in [0.25, 0.3) is 0 Å². The minimum atomic E-state index is -0.796. The van der Waals surface area contributed by atoms with Gasteiger partial charge in [-0.3, -0.25) is 0 Å². The molecule has 0 bridgehead atoms. The summed E-state index contributed by atoms with van der Waals surface area (Å²) in [5, 5.41) is 9.73. The molecule has 0 fully saturated rings. The van der Waals surface area contributed by atoms with E-state index >= 15 is 0 Å². The summed E-state index contributed by atoms with van der Waals surface area (Å²) < 4.78 is 0. The van der Waals surface area contributed by atoms with Crippen LogP contribution in [-0.2, 0) is 0 Å². The smallest absolute Gasteiger partial charge is 0.304 e. The highest BCUT2D eigenvalue weighted by Gasteiger charge is 1.76. The van der Waals surface area contributed by atoms with Crippen LogP contribution in [0.5, 0.6) is 0 Å². The molecule has 0 heterocycles. The van der Waals surface area contributed by atoms with Gasteiger partial charge in [-0.1, -0.05) is 0 Å². The zero-order chi connectivity index (χ0) is 12.1. The average Bonchev–Trinajstić information content (AvgIpc) is 2.25. The fraction of sp³-hybridized carbons (Fsp3) is 0. The Morgan fingerprint density at radius 1 is 0.750 bits per heavy atom. The molecular formula is C12H2N2O2. The van der Waals surface area contributed by atoms with Crippen molar-refractivity contribution in [3.05, 3.63) is 10.1 Å². The van der Waals surface area contributed by atoms with E-state index in [1.54, 1.807) is 6.04 Å². The van der Waals surface area contributed by atoms with E-state index in [9.17, 15) is 10.1 Å². The number of hydrogen-bond acceptors (Lipinski definition) is 3. The summed E-state index contributed by atoms with van der Waals surface area (Å²) in [5.74, 6) is 22.8. The highest BCUT2D eigenvalue weighted by molar-refractivity contribution is 5.43. The molecule has 0 aromatic carbocycles. The lowest BCUT2D eigenvalue weighted by Crippen LogP contribution is -1.81. The van der Waals surface area contributed by atoms with Gasteiger partial charge in [0.1, 0.15) is 4.92 Å². The molecule has 0 radical (unpaired) electrons. The molecule has 16 heavy (non-hydrogen) atoms. The Balaban J connectivity index is 4.25. The predicted molar refractivity (Wildman–Crippen MR) is 57.8 cm³/mol. The SMILES string of the molecule is NC#CC#CC#CC#CC#CC#C[N+](=O)[O-]. The second-order valence-electron chi connectivity index (χ2n) is 1.76. The normalized spacial score (nSPS) is 4.50. The zero-order valence-electron chi connectivity index (χ0n) is 7.84. The maximum absolute atomic E-state index is 9.73. The van der Waals surface area contributed by atoms with Gasteiger partial charge in [-0.2, -0.15) is 0 Å². The summed E-state index contributed by atoms with van der Waals surface area (Å²) in [6, 6.07) is 3.70. The van der Waals surface area contributed by atoms with E-state index in [2.05, 4.69) is 59.3 Å². The van der Waals surface area contributed by atoms with E-state index in [1.165, 1.54) is 0 Å². The predicted octanol–water partition coefficient (Wildman–Crippen LogP) is -0.843. The molecule has 72 valence electrons. The first kappa shape index (κ1) is 12.6. The molecule has 0 aromatic heterocycles. The molecule has 0 aliphatic carbocycles. The van der Waals surface area contributed by atoms with Gasteiger partial charge in [0, 0.05) is 59.3 Å². The fourth-order valence-electron chi connectivity index (χ4n) is 0.360. The van der Waals surface area contributed by atoms with Crippen LogP contribution in [0.4, 0.5) is 0 Å². The van der Waals surface area contributed by atoms with Crippen molar-refractivity contribution < 1.29 is 4.92 Å². The molecule has 0 unspecified atom stereocenters. The largest absolute Gasteiger partial charge is 0.359 e. The Morgan fingerprint density at radius 3 is 1.50 bits per heavy atom. The number of nitrogens with zero attached hydrogens (tertiary/aromatic N) is 1. The van der Waals surface area contributed by atoms with Crippen molar-refractivity contribution in [2.24, 2.45) is 5.73 Å². The van der Waals surface area contributed by atoms with Crippen molar-refractivity contribution in [1.29, 1.82) is 0 Å². The van der Waals surface area contributed by atoms with Crippen molar-refractivity contribution in [1.82, 2.24) is 0 Å². The van der Waals surface area contributed by atoms with Gasteiger partial charge in [0.25, 0.3) is 0 Å². The fourth-order valence-corrected chi connectivity index (χ4v) is 0.360. The highest BCUT2D eigenvalue weighted by Crippen LogP contribution is 1.59. The summed E-state index contributed by atoms with van der Waals surface area (Å²) in [4.78, 5) is 8.93. The third-order valence-corrected chi connectivity index (χ3v) is 0.782. The highest BCUT2D eigenvalue weighted by atomic mass is 16.6. The molecule has 0 spiro atoms. The summed E-state index contributed by atoms with van der Waals surface area (Å²) in [6.45, 7) is 0. The lowest BCUT2D eigenvalue weighted by atomic mass is 10.5. The first-order valence-corrected chi connectivity index (χ1v) is 3.63. The van der Waals surface area contributed by atoms with E-state index in [-0.39, 0.29) is 0 Å². The van der Waals surface area contributed by atoms with E-state index in [4.69, 9.17) is 5.73 Å². The Kier molecular flexibility index (Phi) is 7.57. The monoisotopic (exact) mass is 206 g/mol. The minimum Gasteiger partial charge on any atom is -0.359 e. The van der Waals surface area contributed by atoms with Gasteiger partial charge < -0.3 is 5.73 Å². The van der Waals surface area contributed by atoms with Crippen LogP contribution < -0.4 is 5.73 Å². The van der Waals surface area contributed by atoms with E-state index in [0.717, 1.165) is 0 Å². The molecule has 4 nitrogen and oxygen atoms in total. The maximum atomic E-state index is 9.73. The van der Waals surface area contributed by atoms with Gasteiger partial charge in [0.2, 0.25) is 0 Å². The zero-order valence-corrected chi connectivity index (χ0v) is 7.84. The molecule has 2 N–H and O–H groups in total. The minimum absolute atomic E-state index is 0.796. The van der Waals surface area contributed by atoms with Crippen LogP contribution in [0, 0.1) is 81.4 Å². The second kappa shape index (κ2) is 9.65. The topological polar surface area (TPSA) is 69.2 Å². The van der Waals surface area contributed by atoms with Gasteiger partial charge in [0.15, 0.2) is 0 Å². The number of hydrogen-bond donors (Lipinski definition) is 1. The third kappa shape index (κ3) is 10.6. The molecule has 0 aliphatic heterocycles. The van der Waals surface area contributed by atoms with Crippen LogP contribution in [0.15, 0.2) is 0 Å². The van der Waals surface area contributed by atoms with Crippen LogP contribution >= 0.6 is 0 Å². The number of nitro groups is 1. The second-order valence-corrected chi connectivity index (χ2v) is 1.76. The molecule has 0 rings (SSSR count). The van der Waals surface area contributed by atoms with Crippen molar-refractivity contribution in [2.45, 2.75) is 0 Å². The molecule has 0 saturated heterocycles. The van der Waals surface area contributed by atoms with E-state index in [0.29, 0.717) is 0 Å². The van der Waals surface area contributed by atoms with Gasteiger partial charge in [-0.25, -0.2) is 10.1 Å². The van der Waals surface area contributed by atoms with Gasteiger partial charge in [-0.05, 0) is 0 Å². The standard InChI is InChI=1S/C12H2N2O2/c13-11-9-7-5-3-1-2-4-6-8-10-12-14(15)16/h13H2. The Morgan fingerprint density at radius 2 is 1.12 bits per heavy atom. The van der Waals surface area contributed by atoms with Crippen molar-refractivity contribution in [3.8, 4) is 71.3 Å². The van der Waals surface area contributed by atoms with Crippen LogP contribution in [0.1, 0.15) is 0 Å². The van der Waals surface area contributed by atoms with Crippen molar-refractivity contribution in [2.75, 3.05) is 0 Å². The molecular weight excluding hydrogens is 204 g/mol. The lowest BCUT2D eigenvalue weighted by Gasteiger charge is -1.62. The molecule has 0 aromatic rings. The Labute approximate surface area is 92.7 Å². The summed E-state index contributed by atoms with van der Waals surface area (Å²) in [6.07, 6.45) is 0. The van der Waals surface area contributed by atoms with Crippen LogP contribution in [0.2, 0.25) is 0 Å². The molecule has 0 amide bonds. The first-order chi connectivity index (χ1) is 7.77. The third-order valence-electron chi connectivity index (χ3n) is 0.782. The van der Waals surface area contributed by atoms with E-state index in [1.807, 2.05) is 5.92 Å². The van der Waals surface area contributed by atoms with Gasteiger partial charge in [0.05, 0.1) is 5.92 Å². The molecule has 0 atom stereocenters. The lowest BCUT2D eigenvalue weighted by molar-refractivity contribution is -0.379. The maximum Gasteiger partial charge on any atom is 0.304 e. The quantitative estimate of drug-likeness (QED) is 0.243.